The summed E-state index contributed by atoms with van der Waals surface area (Å²) >= 11 is 0. The smallest absolute Gasteiger partial charge is 0.167 e. The predicted octanol–water partition coefficient (Wildman–Crippen LogP) is -2.28. The van der Waals surface area contributed by atoms with Crippen LogP contribution in [0.15, 0.2) is 0 Å². The van der Waals surface area contributed by atoms with Gasteiger partial charge in [-0.15, -0.1) is 0 Å². The van der Waals surface area contributed by atoms with E-state index in [4.69, 9.17) is 0 Å². The molecule has 12 heavy (non-hydrogen) atoms. The van der Waals surface area contributed by atoms with Crippen LogP contribution in [0.4, 0.5) is 0 Å². The molecule has 0 radical (unpaired) electrons. The van der Waals surface area contributed by atoms with E-state index >= 15 is 0 Å². The first-order chi connectivity index (χ1) is 5.57. The molecule has 2 aliphatic heterocycles. The molecular formula is C9H18N2O+2. The van der Waals surface area contributed by atoms with Gasteiger partial charge < -0.3 is 10.6 Å². The van der Waals surface area contributed by atoms with E-state index in [0.717, 1.165) is 26.2 Å². The average Bonchev–Trinajstić information content (AvgIpc) is 1.97. The van der Waals surface area contributed by atoms with E-state index in [2.05, 4.69) is 24.5 Å². The minimum atomic E-state index is -0.0503. The molecule has 0 aromatic heterocycles. The lowest BCUT2D eigenvalue weighted by Gasteiger charge is -2.42. The van der Waals surface area contributed by atoms with Gasteiger partial charge in [0.1, 0.15) is 10.8 Å². The molecule has 0 aromatic rings. The van der Waals surface area contributed by atoms with Gasteiger partial charge >= 0.3 is 0 Å². The van der Waals surface area contributed by atoms with Gasteiger partial charge in [-0.25, -0.2) is 0 Å². The first-order valence-electron chi connectivity index (χ1n) is 4.75. The zero-order valence-electron chi connectivity index (χ0n) is 7.89. The third-order valence-electron chi connectivity index (χ3n) is 3.48. The minimum Gasteiger partial charge on any atom is -0.344 e. The van der Waals surface area contributed by atoms with Gasteiger partial charge in [0.15, 0.2) is 5.78 Å². The van der Waals surface area contributed by atoms with Crippen molar-refractivity contribution in [2.45, 2.75) is 13.8 Å². The van der Waals surface area contributed by atoms with Gasteiger partial charge in [-0.05, 0) is 13.8 Å². The Bertz CT molecular complexity index is 195. The molecule has 2 heterocycles. The van der Waals surface area contributed by atoms with E-state index in [9.17, 15) is 4.79 Å². The second kappa shape index (κ2) is 2.30. The van der Waals surface area contributed by atoms with Crippen LogP contribution >= 0.6 is 0 Å². The van der Waals surface area contributed by atoms with Gasteiger partial charge in [0, 0.05) is 0 Å². The van der Waals surface area contributed by atoms with Crippen molar-refractivity contribution in [2.24, 2.45) is 10.8 Å². The Kier molecular flexibility index (Phi) is 1.57. The lowest BCUT2D eigenvalue weighted by molar-refractivity contribution is -0.743. The molecule has 2 bridgehead atoms. The average molecular weight is 170 g/mol. The van der Waals surface area contributed by atoms with Gasteiger partial charge in [0.25, 0.3) is 0 Å². The number of nitrogens with two attached hydrogens (primary N) is 2. The van der Waals surface area contributed by atoms with E-state index in [0.29, 0.717) is 5.78 Å². The summed E-state index contributed by atoms with van der Waals surface area (Å²) in [4.78, 5) is 12.0. The molecule has 0 saturated carbocycles. The lowest BCUT2D eigenvalue weighted by Crippen LogP contribution is -3.05. The van der Waals surface area contributed by atoms with E-state index in [1.165, 1.54) is 0 Å². The molecule has 0 aromatic carbocycles. The van der Waals surface area contributed by atoms with E-state index < -0.39 is 0 Å². The Hall–Kier alpha value is -0.410. The molecular weight excluding hydrogens is 152 g/mol. The lowest BCUT2D eigenvalue weighted by atomic mass is 9.66. The molecule has 0 unspecified atom stereocenters. The standard InChI is InChI=1S/C9H16N2O/c1-8-3-10-5-9(2,7(8)12)6-11-4-8/h10-11H,3-6H2,1-2H3/p+2. The van der Waals surface area contributed by atoms with Crippen LogP contribution in [-0.4, -0.2) is 32.0 Å². The number of Topliss-reactive ketones (excluding diaryl/α,β-unsaturated/α-hetero) is 1. The summed E-state index contributed by atoms with van der Waals surface area (Å²) in [6, 6.07) is 0. The Morgan fingerprint density at radius 1 is 1.00 bits per heavy atom. The normalized spacial score (nSPS) is 47.7. The Morgan fingerprint density at radius 2 is 1.33 bits per heavy atom. The molecule has 68 valence electrons. The third kappa shape index (κ3) is 0.930. The topological polar surface area (TPSA) is 50.3 Å². The number of hydrogen-bond donors (Lipinski definition) is 2. The monoisotopic (exact) mass is 170 g/mol. The van der Waals surface area contributed by atoms with E-state index in [-0.39, 0.29) is 10.8 Å². The molecule has 3 heteroatoms. The third-order valence-corrected chi connectivity index (χ3v) is 3.48. The summed E-state index contributed by atoms with van der Waals surface area (Å²) < 4.78 is 0. The number of ketones is 1. The first-order valence-corrected chi connectivity index (χ1v) is 4.75. The van der Waals surface area contributed by atoms with Crippen LogP contribution in [0.3, 0.4) is 0 Å². The van der Waals surface area contributed by atoms with E-state index in [1.54, 1.807) is 0 Å². The number of carbonyl (C=O) groups excluding carboxylic acids is 1. The van der Waals surface area contributed by atoms with Crippen molar-refractivity contribution in [3.8, 4) is 0 Å². The highest BCUT2D eigenvalue weighted by Gasteiger charge is 2.56. The Morgan fingerprint density at radius 3 is 1.58 bits per heavy atom. The second-order valence-corrected chi connectivity index (χ2v) is 4.84. The summed E-state index contributed by atoms with van der Waals surface area (Å²) in [5, 5.41) is 4.60. The van der Waals surface area contributed by atoms with Gasteiger partial charge in [0.2, 0.25) is 0 Å². The Labute approximate surface area is 72.9 Å². The number of quaternary nitrogens is 2. The summed E-state index contributed by atoms with van der Waals surface area (Å²) in [6.45, 7) is 8.16. The highest BCUT2D eigenvalue weighted by Crippen LogP contribution is 2.30. The molecule has 0 atom stereocenters. The molecule has 0 aliphatic carbocycles. The second-order valence-electron chi connectivity index (χ2n) is 4.84. The van der Waals surface area contributed by atoms with Gasteiger partial charge in [-0.3, -0.25) is 4.79 Å². The maximum Gasteiger partial charge on any atom is 0.167 e. The van der Waals surface area contributed by atoms with Crippen LogP contribution in [0.1, 0.15) is 13.8 Å². The highest BCUT2D eigenvalue weighted by atomic mass is 16.1. The fourth-order valence-corrected chi connectivity index (χ4v) is 2.68. The van der Waals surface area contributed by atoms with Crippen molar-refractivity contribution < 1.29 is 15.4 Å². The largest absolute Gasteiger partial charge is 0.344 e. The van der Waals surface area contributed by atoms with Crippen LogP contribution in [0.5, 0.6) is 0 Å². The molecule has 2 saturated heterocycles. The quantitative estimate of drug-likeness (QED) is 0.423. The number of carbonyl (C=O) groups is 1. The number of piperidine rings is 2. The van der Waals surface area contributed by atoms with Crippen molar-refractivity contribution in [3.05, 3.63) is 0 Å². The summed E-state index contributed by atoms with van der Waals surface area (Å²) in [7, 11) is 0. The van der Waals surface area contributed by atoms with Gasteiger partial charge in [0.05, 0.1) is 26.2 Å². The van der Waals surface area contributed by atoms with Gasteiger partial charge in [-0.1, -0.05) is 0 Å². The van der Waals surface area contributed by atoms with Crippen molar-refractivity contribution >= 4 is 5.78 Å². The SMILES string of the molecule is CC12C[NH2+]CC(C)(C[NH2+]C1)C2=O. The summed E-state index contributed by atoms with van der Waals surface area (Å²) in [6.07, 6.45) is 0. The highest BCUT2D eigenvalue weighted by molar-refractivity contribution is 5.91. The zero-order chi connectivity index (χ0) is 8.82. The summed E-state index contributed by atoms with van der Waals surface area (Å²) in [5.74, 6) is 0.500. The molecule has 2 fully saturated rings. The van der Waals surface area contributed by atoms with E-state index in [1.807, 2.05) is 0 Å². The molecule has 4 N–H and O–H groups in total. The molecule has 0 amide bonds. The van der Waals surface area contributed by atoms with Crippen LogP contribution in [-0.2, 0) is 4.79 Å². The maximum absolute atomic E-state index is 12.0. The van der Waals surface area contributed by atoms with Crippen LogP contribution in [0, 0.1) is 10.8 Å². The van der Waals surface area contributed by atoms with Crippen molar-refractivity contribution in [1.82, 2.24) is 0 Å². The number of fused-ring (bicyclic) bond motifs is 2. The maximum atomic E-state index is 12.0. The van der Waals surface area contributed by atoms with Crippen LogP contribution in [0.25, 0.3) is 0 Å². The number of hydrogen-bond acceptors (Lipinski definition) is 1. The molecule has 3 nitrogen and oxygen atoms in total. The van der Waals surface area contributed by atoms with Crippen molar-refractivity contribution in [2.75, 3.05) is 26.2 Å². The minimum absolute atomic E-state index is 0.0503. The van der Waals surface area contributed by atoms with Crippen LogP contribution < -0.4 is 10.6 Å². The van der Waals surface area contributed by atoms with Crippen molar-refractivity contribution in [1.29, 1.82) is 0 Å². The number of rotatable bonds is 0. The zero-order valence-corrected chi connectivity index (χ0v) is 7.89. The fourth-order valence-electron chi connectivity index (χ4n) is 2.68. The van der Waals surface area contributed by atoms with Gasteiger partial charge in [-0.2, -0.15) is 0 Å². The molecule has 2 rings (SSSR count). The predicted molar refractivity (Wildman–Crippen MR) is 44.5 cm³/mol. The van der Waals surface area contributed by atoms with Crippen molar-refractivity contribution in [3.63, 3.8) is 0 Å². The fraction of sp³-hybridized carbons (Fsp3) is 0.889. The first kappa shape index (κ1) is 8.20. The Balaban J connectivity index is 2.33. The molecule has 2 aliphatic rings. The summed E-state index contributed by atoms with van der Waals surface area (Å²) in [5.41, 5.74) is -0.101. The van der Waals surface area contributed by atoms with Crippen LogP contribution in [0.2, 0.25) is 0 Å². The molecule has 0 spiro atoms.